The molecule has 1 saturated heterocycles. The van der Waals surface area contributed by atoms with Gasteiger partial charge in [0.15, 0.2) is 0 Å². The first-order chi connectivity index (χ1) is 17.0. The number of nitrogens with two attached hydrogens (primary N) is 1. The molecule has 1 aromatic heterocycles. The second-order valence-corrected chi connectivity index (χ2v) is 9.24. The molecule has 2 fully saturated rings. The maximum atomic E-state index is 12.3. The summed E-state index contributed by atoms with van der Waals surface area (Å²) in [6.07, 6.45) is 4.23. The van der Waals surface area contributed by atoms with Crippen molar-refractivity contribution in [1.29, 1.82) is 5.26 Å². The van der Waals surface area contributed by atoms with Crippen LogP contribution < -0.4 is 15.8 Å². The summed E-state index contributed by atoms with van der Waals surface area (Å²) in [5.41, 5.74) is 7.99. The number of nitrogens with zero attached hydrogens (tertiary/aromatic N) is 4. The van der Waals surface area contributed by atoms with Gasteiger partial charge in [0.05, 0.1) is 5.56 Å². The number of rotatable bonds is 6. The Morgan fingerprint density at radius 3 is 2.57 bits per heavy atom. The lowest BCUT2D eigenvalue weighted by molar-refractivity contribution is -0.126. The predicted octanol–water partition coefficient (Wildman–Crippen LogP) is 4.39. The van der Waals surface area contributed by atoms with Crippen LogP contribution in [-0.2, 0) is 4.79 Å². The molecule has 176 valence electrons. The minimum Gasteiger partial charge on any atom is -0.457 e. The van der Waals surface area contributed by atoms with Gasteiger partial charge in [-0.05, 0) is 54.5 Å². The number of hydrogen-bond donors (Lipinski definition) is 2. The molecule has 1 saturated carbocycles. The SMILES string of the molecule is C=C(C#N)C(=O)N1CCC2(CC(Nc3ncnc(N)c3-c3ccc(Oc4ccccc4)cc3)C2)C1. The van der Waals surface area contributed by atoms with Crippen molar-refractivity contribution in [3.8, 4) is 28.7 Å². The number of amides is 1. The molecule has 2 aromatic carbocycles. The van der Waals surface area contributed by atoms with Gasteiger partial charge >= 0.3 is 0 Å². The van der Waals surface area contributed by atoms with E-state index in [2.05, 4.69) is 21.9 Å². The van der Waals surface area contributed by atoms with Gasteiger partial charge in [-0.2, -0.15) is 5.26 Å². The van der Waals surface area contributed by atoms with Crippen LogP contribution in [0.4, 0.5) is 11.6 Å². The highest BCUT2D eigenvalue weighted by atomic mass is 16.5. The molecule has 1 aliphatic heterocycles. The first-order valence-corrected chi connectivity index (χ1v) is 11.5. The Bertz CT molecular complexity index is 1290. The summed E-state index contributed by atoms with van der Waals surface area (Å²) in [6, 6.07) is 19.4. The third-order valence-electron chi connectivity index (χ3n) is 6.82. The second-order valence-electron chi connectivity index (χ2n) is 9.24. The summed E-state index contributed by atoms with van der Waals surface area (Å²) in [7, 11) is 0. The molecule has 1 amide bonds. The van der Waals surface area contributed by atoms with Gasteiger partial charge in [-0.15, -0.1) is 0 Å². The van der Waals surface area contributed by atoms with E-state index in [1.54, 1.807) is 4.90 Å². The van der Waals surface area contributed by atoms with Gasteiger partial charge < -0.3 is 20.7 Å². The van der Waals surface area contributed by atoms with E-state index in [9.17, 15) is 4.79 Å². The molecule has 8 nitrogen and oxygen atoms in total. The Morgan fingerprint density at radius 2 is 1.86 bits per heavy atom. The van der Waals surface area contributed by atoms with Crippen LogP contribution in [-0.4, -0.2) is 39.9 Å². The van der Waals surface area contributed by atoms with Crippen molar-refractivity contribution in [1.82, 2.24) is 14.9 Å². The van der Waals surface area contributed by atoms with E-state index in [1.807, 2.05) is 60.7 Å². The van der Waals surface area contributed by atoms with Crippen LogP contribution in [0.2, 0.25) is 0 Å². The maximum Gasteiger partial charge on any atom is 0.263 e. The normalized spacial score (nSPS) is 20.7. The Balaban J connectivity index is 1.26. The molecular weight excluding hydrogens is 440 g/mol. The fourth-order valence-electron chi connectivity index (χ4n) is 5.07. The summed E-state index contributed by atoms with van der Waals surface area (Å²) in [5.74, 6) is 2.34. The summed E-state index contributed by atoms with van der Waals surface area (Å²) >= 11 is 0. The molecule has 2 aliphatic rings. The molecule has 1 aliphatic carbocycles. The number of aromatic nitrogens is 2. The quantitative estimate of drug-likeness (QED) is 0.409. The van der Waals surface area contributed by atoms with Crippen molar-refractivity contribution >= 4 is 17.5 Å². The lowest BCUT2D eigenvalue weighted by atomic mass is 9.65. The molecule has 0 bridgehead atoms. The average Bonchev–Trinajstić information content (AvgIpc) is 3.30. The van der Waals surface area contributed by atoms with Crippen LogP contribution in [0.15, 0.2) is 73.1 Å². The number of ether oxygens (including phenoxy) is 1. The number of carbonyl (C=O) groups excluding carboxylic acids is 1. The Hall–Kier alpha value is -4.38. The van der Waals surface area contributed by atoms with E-state index in [0.29, 0.717) is 24.7 Å². The Labute approximate surface area is 204 Å². The largest absolute Gasteiger partial charge is 0.457 e. The number of nitrogens with one attached hydrogen (secondary N) is 1. The first kappa shape index (κ1) is 22.4. The standard InChI is InChI=1S/C27H26N6O2/c1-18(15-28)26(34)33-12-11-27(16-33)13-20(14-27)32-25-23(24(29)30-17-31-25)19-7-9-22(10-8-19)35-21-5-3-2-4-6-21/h2-10,17,20H,1,11-14,16H2,(H3,29,30,31,32). The zero-order valence-electron chi connectivity index (χ0n) is 19.3. The van der Waals surface area contributed by atoms with Crippen LogP contribution in [0.25, 0.3) is 11.1 Å². The van der Waals surface area contributed by atoms with Crippen LogP contribution in [0.3, 0.4) is 0 Å². The van der Waals surface area contributed by atoms with Gasteiger partial charge in [0, 0.05) is 19.1 Å². The fourth-order valence-corrected chi connectivity index (χ4v) is 5.07. The molecular formula is C27H26N6O2. The molecule has 8 heteroatoms. The zero-order valence-corrected chi connectivity index (χ0v) is 19.3. The van der Waals surface area contributed by atoms with E-state index in [-0.39, 0.29) is 22.9 Å². The molecule has 0 atom stereocenters. The monoisotopic (exact) mass is 466 g/mol. The van der Waals surface area contributed by atoms with Crippen molar-refractivity contribution in [2.75, 3.05) is 24.1 Å². The summed E-state index contributed by atoms with van der Waals surface area (Å²) < 4.78 is 5.89. The minimum absolute atomic E-state index is 0.00246. The smallest absolute Gasteiger partial charge is 0.263 e. The van der Waals surface area contributed by atoms with Gasteiger partial charge in [-0.3, -0.25) is 4.79 Å². The number of nitriles is 1. The third-order valence-corrected chi connectivity index (χ3v) is 6.82. The van der Waals surface area contributed by atoms with Crippen molar-refractivity contribution in [3.05, 3.63) is 73.1 Å². The van der Waals surface area contributed by atoms with E-state index in [0.717, 1.165) is 41.9 Å². The van der Waals surface area contributed by atoms with Crippen LogP contribution in [0.5, 0.6) is 11.5 Å². The lowest BCUT2D eigenvalue weighted by Gasteiger charge is -2.45. The van der Waals surface area contributed by atoms with Crippen LogP contribution >= 0.6 is 0 Å². The number of anilines is 2. The van der Waals surface area contributed by atoms with Gasteiger partial charge in [-0.25, -0.2) is 9.97 Å². The van der Waals surface area contributed by atoms with Crippen molar-refractivity contribution in [3.63, 3.8) is 0 Å². The molecule has 2 heterocycles. The van der Waals surface area contributed by atoms with Gasteiger partial charge in [0.2, 0.25) is 0 Å². The summed E-state index contributed by atoms with van der Waals surface area (Å²) in [6.45, 7) is 4.88. The van der Waals surface area contributed by atoms with E-state index >= 15 is 0 Å². The van der Waals surface area contributed by atoms with Crippen molar-refractivity contribution in [2.24, 2.45) is 5.41 Å². The van der Waals surface area contributed by atoms with Gasteiger partial charge in [0.25, 0.3) is 5.91 Å². The zero-order chi connectivity index (χ0) is 24.4. The number of nitrogen functional groups attached to an aromatic ring is 1. The second kappa shape index (κ2) is 9.11. The third kappa shape index (κ3) is 4.53. The molecule has 0 unspecified atom stereocenters. The number of carbonyl (C=O) groups is 1. The fraction of sp³-hybridized carbons (Fsp3) is 0.259. The number of benzene rings is 2. The number of para-hydroxylation sites is 1. The highest BCUT2D eigenvalue weighted by molar-refractivity contribution is 5.96. The Kier molecular flexibility index (Phi) is 5.83. The molecule has 0 radical (unpaired) electrons. The minimum atomic E-state index is -0.258. The average molecular weight is 467 g/mol. The van der Waals surface area contributed by atoms with Crippen LogP contribution in [0.1, 0.15) is 19.3 Å². The number of likely N-dealkylation sites (tertiary alicyclic amines) is 1. The van der Waals surface area contributed by atoms with E-state index in [1.165, 1.54) is 6.33 Å². The number of hydrogen-bond acceptors (Lipinski definition) is 7. The topological polar surface area (TPSA) is 117 Å². The molecule has 3 aromatic rings. The van der Waals surface area contributed by atoms with E-state index in [4.69, 9.17) is 15.7 Å². The van der Waals surface area contributed by atoms with Crippen LogP contribution in [0, 0.1) is 16.7 Å². The highest BCUT2D eigenvalue weighted by Crippen LogP contribution is 2.49. The van der Waals surface area contributed by atoms with Crippen molar-refractivity contribution < 1.29 is 9.53 Å². The highest BCUT2D eigenvalue weighted by Gasteiger charge is 2.49. The molecule has 3 N–H and O–H groups in total. The van der Waals surface area contributed by atoms with Gasteiger partial charge in [-0.1, -0.05) is 36.9 Å². The van der Waals surface area contributed by atoms with Crippen molar-refractivity contribution in [2.45, 2.75) is 25.3 Å². The van der Waals surface area contributed by atoms with Gasteiger partial charge in [0.1, 0.15) is 41.1 Å². The Morgan fingerprint density at radius 1 is 1.14 bits per heavy atom. The molecule has 1 spiro atoms. The van der Waals surface area contributed by atoms with E-state index < -0.39 is 0 Å². The lowest BCUT2D eigenvalue weighted by Crippen LogP contribution is -2.47. The first-order valence-electron chi connectivity index (χ1n) is 11.5. The molecule has 35 heavy (non-hydrogen) atoms. The predicted molar refractivity (Wildman–Crippen MR) is 133 cm³/mol. The molecule has 5 rings (SSSR count). The summed E-state index contributed by atoms with van der Waals surface area (Å²) in [5, 5.41) is 12.5. The maximum absolute atomic E-state index is 12.3. The summed E-state index contributed by atoms with van der Waals surface area (Å²) in [4.78, 5) is 22.7.